The van der Waals surface area contributed by atoms with Crippen molar-refractivity contribution < 1.29 is 24.3 Å². The number of carbonyl (C=O) groups is 3. The molecule has 1 aliphatic rings. The Kier molecular flexibility index (Phi) is 9.54. The van der Waals surface area contributed by atoms with Crippen LogP contribution in [0.3, 0.4) is 0 Å². The predicted molar refractivity (Wildman–Crippen MR) is 133 cm³/mol. The summed E-state index contributed by atoms with van der Waals surface area (Å²) in [6.45, 7) is 5.37. The number of aryl methyl sites for hydroxylation is 1. The molecule has 9 heteroatoms. The highest BCUT2D eigenvalue weighted by molar-refractivity contribution is 5.92. The Balaban J connectivity index is 1.93. The van der Waals surface area contributed by atoms with Gasteiger partial charge in [-0.25, -0.2) is 5.48 Å². The number of nitrogens with zero attached hydrogens (tertiary/aromatic N) is 1. The highest BCUT2D eigenvalue weighted by atomic mass is 16.5. The zero-order chi connectivity index (χ0) is 25.4. The maximum absolute atomic E-state index is 13.2. The van der Waals surface area contributed by atoms with Gasteiger partial charge in [0.2, 0.25) is 17.7 Å². The van der Waals surface area contributed by atoms with Crippen LogP contribution in [0.15, 0.2) is 24.4 Å². The van der Waals surface area contributed by atoms with Gasteiger partial charge >= 0.3 is 0 Å². The lowest BCUT2D eigenvalue weighted by Crippen LogP contribution is -2.50. The van der Waals surface area contributed by atoms with Crippen LogP contribution in [0, 0.1) is 11.8 Å². The number of nitrogens with one attached hydrogen (secondary N) is 3. The first-order chi connectivity index (χ1) is 16.8. The molecular weight excluding hydrogens is 448 g/mol. The van der Waals surface area contributed by atoms with Gasteiger partial charge in [-0.05, 0) is 48.9 Å². The molecule has 2 atom stereocenters. The molecule has 35 heavy (non-hydrogen) atoms. The van der Waals surface area contributed by atoms with Crippen molar-refractivity contribution >= 4 is 28.6 Å². The summed E-state index contributed by atoms with van der Waals surface area (Å²) < 4.78 is 7.65. The van der Waals surface area contributed by atoms with Crippen LogP contribution >= 0.6 is 0 Å². The largest absolute Gasteiger partial charge is 0.497 e. The molecule has 2 aromatic rings. The van der Waals surface area contributed by atoms with E-state index in [1.165, 1.54) is 0 Å². The normalized spacial score (nSPS) is 18.1. The van der Waals surface area contributed by atoms with E-state index in [1.807, 2.05) is 32.0 Å². The van der Waals surface area contributed by atoms with Crippen LogP contribution in [-0.2, 0) is 27.3 Å². The van der Waals surface area contributed by atoms with Gasteiger partial charge in [-0.15, -0.1) is 0 Å². The molecule has 3 rings (SSSR count). The van der Waals surface area contributed by atoms with Crippen LogP contribution in [0.5, 0.6) is 5.75 Å². The second-order valence-corrected chi connectivity index (χ2v) is 9.77. The highest BCUT2D eigenvalue weighted by Gasteiger charge is 2.29. The van der Waals surface area contributed by atoms with E-state index < -0.39 is 17.9 Å². The third kappa shape index (κ3) is 7.21. The smallest absolute Gasteiger partial charge is 0.244 e. The molecular formula is C26H38N4O5. The Morgan fingerprint density at radius 1 is 1.23 bits per heavy atom. The summed E-state index contributed by atoms with van der Waals surface area (Å²) in [6, 6.07) is 5.14. The van der Waals surface area contributed by atoms with Gasteiger partial charge in [0, 0.05) is 48.9 Å². The minimum atomic E-state index is -0.791. The topological polar surface area (TPSA) is 122 Å². The van der Waals surface area contributed by atoms with Crippen LogP contribution in [-0.4, -0.2) is 47.2 Å². The third-order valence-corrected chi connectivity index (χ3v) is 6.54. The molecule has 3 amide bonds. The number of hydrogen-bond donors (Lipinski definition) is 4. The molecule has 1 aromatic heterocycles. The molecule has 0 radical (unpaired) electrons. The number of methoxy groups -OCH3 is 1. The average Bonchev–Trinajstić information content (AvgIpc) is 3.18. The maximum Gasteiger partial charge on any atom is 0.244 e. The van der Waals surface area contributed by atoms with Gasteiger partial charge in [-0.1, -0.05) is 26.7 Å². The number of amides is 3. The molecule has 2 heterocycles. The van der Waals surface area contributed by atoms with E-state index >= 15 is 0 Å². The standard InChI is InChI=1S/C26H38N4O5/c1-17(2)12-18(14-24(31)29-34)25(32)28-22-13-19-16-30(11-7-5-4-6-10-27-26(22)33)23-9-8-20(35-3)15-21(19)23/h8-9,15-18,22,34H,4-7,10-14H2,1-3H3,(H,27,33)(H,28,32)(H,29,31)/t18-,22+/m1/s1. The Bertz CT molecular complexity index is 1030. The van der Waals surface area contributed by atoms with Crippen molar-refractivity contribution in [1.29, 1.82) is 0 Å². The summed E-state index contributed by atoms with van der Waals surface area (Å²) in [4.78, 5) is 38.2. The Morgan fingerprint density at radius 2 is 2.00 bits per heavy atom. The molecule has 0 saturated carbocycles. The fourth-order valence-electron chi connectivity index (χ4n) is 4.76. The SMILES string of the molecule is COc1ccc2c(c1)c1cn2CCCCCCNC(=O)[C@@H](NC(=O)[C@@H](CC(=O)NO)CC(C)C)C1. The Labute approximate surface area is 206 Å². The highest BCUT2D eigenvalue weighted by Crippen LogP contribution is 2.28. The monoisotopic (exact) mass is 486 g/mol. The molecule has 0 spiro atoms. The van der Waals surface area contributed by atoms with Gasteiger partial charge in [-0.3, -0.25) is 19.6 Å². The quantitative estimate of drug-likeness (QED) is 0.354. The van der Waals surface area contributed by atoms with E-state index in [2.05, 4.69) is 21.4 Å². The minimum Gasteiger partial charge on any atom is -0.497 e. The summed E-state index contributed by atoms with van der Waals surface area (Å²) >= 11 is 0. The van der Waals surface area contributed by atoms with E-state index in [1.54, 1.807) is 12.6 Å². The van der Waals surface area contributed by atoms with E-state index in [0.29, 0.717) is 19.4 Å². The number of benzene rings is 1. The first-order valence-electron chi connectivity index (χ1n) is 12.5. The van der Waals surface area contributed by atoms with Crippen molar-refractivity contribution in [2.24, 2.45) is 11.8 Å². The molecule has 2 bridgehead atoms. The zero-order valence-corrected chi connectivity index (χ0v) is 20.9. The lowest BCUT2D eigenvalue weighted by Gasteiger charge is -2.23. The summed E-state index contributed by atoms with van der Waals surface area (Å²) in [6.07, 6.45) is 6.72. The summed E-state index contributed by atoms with van der Waals surface area (Å²) in [5.74, 6) is -0.989. The number of carbonyl (C=O) groups excluding carboxylic acids is 3. The van der Waals surface area contributed by atoms with E-state index in [0.717, 1.165) is 54.4 Å². The summed E-state index contributed by atoms with van der Waals surface area (Å²) in [7, 11) is 1.62. The van der Waals surface area contributed by atoms with E-state index in [4.69, 9.17) is 9.94 Å². The van der Waals surface area contributed by atoms with Gasteiger partial charge in [0.15, 0.2) is 0 Å². The van der Waals surface area contributed by atoms with Crippen LogP contribution in [0.2, 0.25) is 0 Å². The van der Waals surface area contributed by atoms with Crippen molar-refractivity contribution in [2.75, 3.05) is 13.7 Å². The van der Waals surface area contributed by atoms with Crippen LogP contribution in [0.1, 0.15) is 57.9 Å². The van der Waals surface area contributed by atoms with Gasteiger partial charge < -0.3 is 19.9 Å². The maximum atomic E-state index is 13.2. The summed E-state index contributed by atoms with van der Waals surface area (Å²) in [5.41, 5.74) is 3.63. The lowest BCUT2D eigenvalue weighted by atomic mass is 9.92. The molecule has 0 aliphatic carbocycles. The molecule has 0 saturated heterocycles. The molecule has 9 nitrogen and oxygen atoms in total. The number of fused-ring (bicyclic) bond motifs is 5. The Hall–Kier alpha value is -3.07. The summed E-state index contributed by atoms with van der Waals surface area (Å²) in [5, 5.41) is 15.8. The molecule has 0 fully saturated rings. The van der Waals surface area contributed by atoms with Crippen molar-refractivity contribution in [3.8, 4) is 5.75 Å². The van der Waals surface area contributed by atoms with Crippen molar-refractivity contribution in [2.45, 2.75) is 71.4 Å². The molecule has 1 aromatic carbocycles. The van der Waals surface area contributed by atoms with E-state index in [9.17, 15) is 14.4 Å². The van der Waals surface area contributed by atoms with Gasteiger partial charge in [0.1, 0.15) is 11.8 Å². The van der Waals surface area contributed by atoms with Gasteiger partial charge in [0.25, 0.3) is 0 Å². The fraction of sp³-hybridized carbons (Fsp3) is 0.577. The average molecular weight is 487 g/mol. The molecule has 0 unspecified atom stereocenters. The number of hydroxylamine groups is 1. The van der Waals surface area contributed by atoms with Crippen molar-refractivity contribution in [1.82, 2.24) is 20.7 Å². The lowest BCUT2D eigenvalue weighted by molar-refractivity contribution is -0.136. The number of rotatable bonds is 7. The van der Waals surface area contributed by atoms with Gasteiger partial charge in [0.05, 0.1) is 7.11 Å². The van der Waals surface area contributed by atoms with Crippen LogP contribution in [0.25, 0.3) is 10.9 Å². The molecule has 1 aliphatic heterocycles. The first kappa shape index (κ1) is 26.5. The third-order valence-electron chi connectivity index (χ3n) is 6.54. The minimum absolute atomic E-state index is 0.147. The first-order valence-corrected chi connectivity index (χ1v) is 12.5. The zero-order valence-electron chi connectivity index (χ0n) is 20.9. The van der Waals surface area contributed by atoms with E-state index in [-0.39, 0.29) is 24.2 Å². The number of ether oxygens (including phenoxy) is 1. The molecule has 4 N–H and O–H groups in total. The van der Waals surface area contributed by atoms with Gasteiger partial charge in [-0.2, -0.15) is 0 Å². The second kappa shape index (κ2) is 12.6. The second-order valence-electron chi connectivity index (χ2n) is 9.77. The predicted octanol–water partition coefficient (Wildman–Crippen LogP) is 2.93. The molecule has 192 valence electrons. The number of aromatic nitrogens is 1. The fourth-order valence-corrected chi connectivity index (χ4v) is 4.76. The van der Waals surface area contributed by atoms with Crippen LogP contribution in [0.4, 0.5) is 0 Å². The van der Waals surface area contributed by atoms with Crippen molar-refractivity contribution in [3.05, 3.63) is 30.0 Å². The number of hydrogen-bond acceptors (Lipinski definition) is 5. The van der Waals surface area contributed by atoms with Crippen molar-refractivity contribution in [3.63, 3.8) is 0 Å². The van der Waals surface area contributed by atoms with Crippen LogP contribution < -0.4 is 20.9 Å². The Morgan fingerprint density at radius 3 is 2.71 bits per heavy atom.